The van der Waals surface area contributed by atoms with Crippen molar-refractivity contribution in [2.45, 2.75) is 161 Å². The molecule has 1 atom stereocenters. The number of nitro groups is 1. The Labute approximate surface area is 551 Å². The summed E-state index contributed by atoms with van der Waals surface area (Å²) in [6.07, 6.45) is 23.3. The van der Waals surface area contributed by atoms with E-state index in [4.69, 9.17) is 48.4 Å². The summed E-state index contributed by atoms with van der Waals surface area (Å²) in [6, 6.07) is 32.3. The van der Waals surface area contributed by atoms with Crippen LogP contribution in [0.25, 0.3) is 11.1 Å². The summed E-state index contributed by atoms with van der Waals surface area (Å²) < 4.78 is 50.6. The average Bonchev–Trinajstić information content (AvgIpc) is 0.854. The SMILES string of the molecule is C=CC(=O)OCCCCCCCCCCOc1ccc(OC(=O)c2ccc(C(=O)Oc3ccc(OCCCCCCCCCCOC(=O)C=C)cc3)c(C(=O)OCc3ccc(OC(=O)c4ccc(-c5cc([N+](=O)[O-])c(O[C@@H](C)CCCCCC)cc5N)cc4)cc3)c2)cc1. The predicted octanol–water partition coefficient (Wildman–Crippen LogP) is 17.1. The zero-order valence-electron chi connectivity index (χ0n) is 54.1. The van der Waals surface area contributed by atoms with Gasteiger partial charge in [-0.3, -0.25) is 10.1 Å². The van der Waals surface area contributed by atoms with Crippen LogP contribution in [0, 0.1) is 10.1 Å². The summed E-state index contributed by atoms with van der Waals surface area (Å²) >= 11 is 0. The van der Waals surface area contributed by atoms with Crippen molar-refractivity contribution >= 4 is 47.2 Å². The number of carbonyl (C=O) groups is 6. The van der Waals surface area contributed by atoms with E-state index >= 15 is 0 Å². The van der Waals surface area contributed by atoms with Gasteiger partial charge in [-0.15, -0.1) is 0 Å². The topological polar surface area (TPSA) is 255 Å². The Kier molecular flexibility index (Phi) is 31.9. The van der Waals surface area contributed by atoms with E-state index in [0.717, 1.165) is 135 Å². The molecular weight excluding hydrogens is 1200 g/mol. The minimum Gasteiger partial charge on any atom is -0.494 e. The van der Waals surface area contributed by atoms with E-state index < -0.39 is 40.7 Å². The molecule has 0 aromatic heterocycles. The molecule has 19 nitrogen and oxygen atoms in total. The van der Waals surface area contributed by atoms with E-state index in [1.165, 1.54) is 66.7 Å². The highest BCUT2D eigenvalue weighted by Gasteiger charge is 2.25. The smallest absolute Gasteiger partial charge is 0.344 e. The molecule has 94 heavy (non-hydrogen) atoms. The third-order valence-electron chi connectivity index (χ3n) is 15.3. The standard InChI is InChI=1S/C75H88N2O17/c1-5-8-9-22-27-54(4)91-69-52-67(76)65(51-68(69)77(84)85)56-30-32-57(33-31-56)72(80)92-61-35-28-55(29-36-61)53-90-74(82)66-50-58(73(81)93-62-41-37-59(38-42-62)86-46-23-18-14-10-12-16-20-25-48-88-70(78)6-2)34-45-64(66)75(83)94-63-43-39-60(40-44-63)87-47-24-19-15-11-13-17-21-26-49-89-71(79)7-3/h6-7,28-45,50-52,54H,2-3,5,8-27,46-49,53,76H2,1,4H3/t54-/m0/s1. The number of esters is 6. The van der Waals surface area contributed by atoms with Crippen LogP contribution in [-0.4, -0.2) is 73.3 Å². The lowest BCUT2D eigenvalue weighted by Gasteiger charge is -2.16. The number of anilines is 1. The number of benzene rings is 6. The van der Waals surface area contributed by atoms with Crippen LogP contribution in [-0.2, 0) is 30.4 Å². The van der Waals surface area contributed by atoms with Crippen molar-refractivity contribution in [2.75, 3.05) is 32.2 Å². The number of carbonyl (C=O) groups excluding carboxylic acids is 6. The van der Waals surface area contributed by atoms with Crippen molar-refractivity contribution in [3.8, 4) is 45.6 Å². The van der Waals surface area contributed by atoms with E-state index in [9.17, 15) is 38.9 Å². The van der Waals surface area contributed by atoms with Crippen LogP contribution in [0.15, 0.2) is 153 Å². The number of nitrogens with zero attached hydrogens (tertiary/aromatic N) is 1. The molecule has 19 heteroatoms. The molecule has 0 saturated carbocycles. The largest absolute Gasteiger partial charge is 0.494 e. The Hall–Kier alpha value is -9.78. The summed E-state index contributed by atoms with van der Waals surface area (Å²) in [5.41, 5.74) is 7.59. The average molecular weight is 1290 g/mol. The van der Waals surface area contributed by atoms with Gasteiger partial charge in [0, 0.05) is 35.5 Å². The number of unbranched alkanes of at least 4 members (excludes halogenated alkanes) is 17. The molecule has 0 aliphatic carbocycles. The van der Waals surface area contributed by atoms with Crippen molar-refractivity contribution < 1.29 is 76.3 Å². The van der Waals surface area contributed by atoms with Gasteiger partial charge in [-0.1, -0.05) is 141 Å². The molecule has 500 valence electrons. The first-order valence-electron chi connectivity index (χ1n) is 32.6. The summed E-state index contributed by atoms with van der Waals surface area (Å²) in [7, 11) is 0. The van der Waals surface area contributed by atoms with E-state index in [0.29, 0.717) is 54.6 Å². The number of nitrogens with two attached hydrogens (primary N) is 1. The molecule has 0 saturated heterocycles. The quantitative estimate of drug-likeness (QED) is 0.00545. The Morgan fingerprint density at radius 3 is 1.40 bits per heavy atom. The van der Waals surface area contributed by atoms with E-state index in [-0.39, 0.29) is 69.3 Å². The predicted molar refractivity (Wildman–Crippen MR) is 359 cm³/mol. The van der Waals surface area contributed by atoms with Crippen molar-refractivity contribution in [3.63, 3.8) is 0 Å². The lowest BCUT2D eigenvalue weighted by Crippen LogP contribution is -2.18. The van der Waals surface area contributed by atoms with E-state index in [1.54, 1.807) is 72.8 Å². The highest BCUT2D eigenvalue weighted by Crippen LogP contribution is 2.38. The minimum absolute atomic E-state index is 0.0495. The molecule has 2 N–H and O–H groups in total. The third-order valence-corrected chi connectivity index (χ3v) is 15.3. The summed E-state index contributed by atoms with van der Waals surface area (Å²) in [5, 5.41) is 12.1. The zero-order valence-corrected chi connectivity index (χ0v) is 54.1. The number of nitro benzene ring substituents is 1. The van der Waals surface area contributed by atoms with Gasteiger partial charge >= 0.3 is 41.5 Å². The Morgan fingerprint density at radius 2 is 0.915 bits per heavy atom. The molecule has 0 aliphatic heterocycles. The minimum atomic E-state index is -0.946. The second-order valence-electron chi connectivity index (χ2n) is 22.7. The number of rotatable bonds is 44. The second-order valence-corrected chi connectivity index (χ2v) is 22.7. The van der Waals surface area contributed by atoms with Crippen molar-refractivity contribution in [3.05, 3.63) is 191 Å². The van der Waals surface area contributed by atoms with Gasteiger partial charge in [0.1, 0.15) is 35.4 Å². The number of hydrogen-bond acceptors (Lipinski definition) is 18. The molecular formula is C75H88N2O17. The highest BCUT2D eigenvalue weighted by molar-refractivity contribution is 6.06. The van der Waals surface area contributed by atoms with Gasteiger partial charge < -0.3 is 48.4 Å². The first kappa shape index (κ1) is 73.3. The molecule has 0 unspecified atom stereocenters. The Bertz CT molecular complexity index is 3400. The zero-order chi connectivity index (χ0) is 67.3. The van der Waals surface area contributed by atoms with Gasteiger partial charge in [-0.2, -0.15) is 0 Å². The van der Waals surface area contributed by atoms with Crippen LogP contribution < -0.4 is 34.2 Å². The fraction of sp³-hybridized carbons (Fsp3) is 0.387. The molecule has 0 heterocycles. The van der Waals surface area contributed by atoms with Crippen molar-refractivity contribution in [1.29, 1.82) is 0 Å². The fourth-order valence-electron chi connectivity index (χ4n) is 9.96. The number of hydrogen-bond donors (Lipinski definition) is 1. The van der Waals surface area contributed by atoms with Gasteiger partial charge in [0.25, 0.3) is 0 Å². The molecule has 6 rings (SSSR count). The van der Waals surface area contributed by atoms with Crippen LogP contribution in [0.5, 0.6) is 34.5 Å². The molecule has 0 aliphatic rings. The highest BCUT2D eigenvalue weighted by atomic mass is 16.6. The lowest BCUT2D eigenvalue weighted by atomic mass is 10.0. The first-order chi connectivity index (χ1) is 45.6. The number of ether oxygens (including phenoxy) is 9. The maximum Gasteiger partial charge on any atom is 0.344 e. The normalized spacial score (nSPS) is 11.1. The van der Waals surface area contributed by atoms with Gasteiger partial charge in [0.15, 0.2) is 5.75 Å². The van der Waals surface area contributed by atoms with E-state index in [1.807, 2.05) is 6.92 Å². The van der Waals surface area contributed by atoms with Crippen LogP contribution >= 0.6 is 0 Å². The summed E-state index contributed by atoms with van der Waals surface area (Å²) in [5.74, 6) is -2.25. The van der Waals surface area contributed by atoms with Gasteiger partial charge in [-0.05, 0) is 148 Å². The summed E-state index contributed by atoms with van der Waals surface area (Å²) in [6.45, 7) is 12.4. The van der Waals surface area contributed by atoms with Crippen LogP contribution in [0.1, 0.15) is 196 Å². The van der Waals surface area contributed by atoms with Crippen LogP contribution in [0.4, 0.5) is 11.4 Å². The third kappa shape index (κ3) is 26.1. The Balaban J connectivity index is 1.03. The maximum atomic E-state index is 14.0. The molecule has 0 bridgehead atoms. The molecule has 6 aromatic carbocycles. The molecule has 0 fully saturated rings. The van der Waals surface area contributed by atoms with Gasteiger partial charge in [-0.25, -0.2) is 28.8 Å². The van der Waals surface area contributed by atoms with Gasteiger partial charge in [0.2, 0.25) is 0 Å². The number of nitrogen functional groups attached to an aromatic ring is 1. The molecule has 0 amide bonds. The Morgan fingerprint density at radius 1 is 0.479 bits per heavy atom. The summed E-state index contributed by atoms with van der Waals surface area (Å²) in [4.78, 5) is 88.8. The van der Waals surface area contributed by atoms with Crippen LogP contribution in [0.2, 0.25) is 0 Å². The maximum absolute atomic E-state index is 14.0. The monoisotopic (exact) mass is 1290 g/mol. The van der Waals surface area contributed by atoms with Gasteiger partial charge in [0.05, 0.1) is 59.7 Å². The van der Waals surface area contributed by atoms with Crippen molar-refractivity contribution in [1.82, 2.24) is 0 Å². The van der Waals surface area contributed by atoms with Crippen molar-refractivity contribution in [2.24, 2.45) is 0 Å². The first-order valence-corrected chi connectivity index (χ1v) is 32.6. The fourth-order valence-corrected chi connectivity index (χ4v) is 9.96. The van der Waals surface area contributed by atoms with E-state index in [2.05, 4.69) is 20.1 Å². The molecule has 6 aromatic rings. The molecule has 0 radical (unpaired) electrons. The lowest BCUT2D eigenvalue weighted by molar-refractivity contribution is -0.386. The molecule has 0 spiro atoms. The van der Waals surface area contributed by atoms with Crippen LogP contribution in [0.3, 0.4) is 0 Å². The second kappa shape index (κ2) is 40.9.